The van der Waals surface area contributed by atoms with Crippen molar-refractivity contribution in [1.82, 2.24) is 10.2 Å². The number of carbonyl (C=O) groups is 2. The van der Waals surface area contributed by atoms with Gasteiger partial charge in [0.25, 0.3) is 5.91 Å². The molecule has 0 atom stereocenters. The van der Waals surface area contributed by atoms with E-state index >= 15 is 0 Å². The molecule has 1 saturated carbocycles. The number of carbonyl (C=O) groups excluding carboxylic acids is 2. The minimum absolute atomic E-state index is 0.0351. The molecule has 1 heterocycles. The highest BCUT2D eigenvalue weighted by molar-refractivity contribution is 5.95. The summed E-state index contributed by atoms with van der Waals surface area (Å²) in [6, 6.07) is 15.8. The standard InChI is InChI=1S/C24H30N4O2/c1-18-5-4-8-22(17-18)27-13-15-28(16-14-27)24(30)26-21-11-9-19(10-12-21)23(29)25-20-6-2-3-7-20/h4-5,8-12,17,20H,2-3,6-7,13-16H2,1H3,(H,25,29)(H,26,30). The van der Waals surface area contributed by atoms with Gasteiger partial charge >= 0.3 is 6.03 Å². The van der Waals surface area contributed by atoms with Crippen molar-refractivity contribution in [3.8, 4) is 0 Å². The van der Waals surface area contributed by atoms with Gasteiger partial charge in [-0.1, -0.05) is 25.0 Å². The summed E-state index contributed by atoms with van der Waals surface area (Å²) in [6.45, 7) is 5.09. The SMILES string of the molecule is Cc1cccc(N2CCN(C(=O)Nc3ccc(C(=O)NC4CCCC4)cc3)CC2)c1. The fourth-order valence-electron chi connectivity index (χ4n) is 4.24. The van der Waals surface area contributed by atoms with Crippen LogP contribution in [0.2, 0.25) is 0 Å². The van der Waals surface area contributed by atoms with Gasteiger partial charge in [0.1, 0.15) is 0 Å². The van der Waals surface area contributed by atoms with Crippen LogP contribution in [0.4, 0.5) is 16.2 Å². The first-order valence-corrected chi connectivity index (χ1v) is 10.9. The van der Waals surface area contributed by atoms with E-state index in [0.717, 1.165) is 25.9 Å². The Bertz CT molecular complexity index is 882. The summed E-state index contributed by atoms with van der Waals surface area (Å²) in [4.78, 5) is 29.1. The predicted octanol–water partition coefficient (Wildman–Crippen LogP) is 4.02. The molecule has 0 aromatic heterocycles. The zero-order chi connectivity index (χ0) is 20.9. The van der Waals surface area contributed by atoms with Crippen LogP contribution in [0.25, 0.3) is 0 Å². The van der Waals surface area contributed by atoms with E-state index in [1.165, 1.54) is 24.1 Å². The minimum atomic E-state index is -0.0953. The van der Waals surface area contributed by atoms with Crippen LogP contribution in [0.1, 0.15) is 41.6 Å². The molecule has 3 amide bonds. The molecular weight excluding hydrogens is 376 g/mol. The van der Waals surface area contributed by atoms with Crippen LogP contribution in [0.3, 0.4) is 0 Å². The summed E-state index contributed by atoms with van der Waals surface area (Å²) in [5.41, 5.74) is 3.79. The molecule has 2 aromatic rings. The van der Waals surface area contributed by atoms with Crippen molar-refractivity contribution in [2.45, 2.75) is 38.6 Å². The van der Waals surface area contributed by atoms with Crippen molar-refractivity contribution in [2.75, 3.05) is 36.4 Å². The molecule has 0 radical (unpaired) electrons. The molecule has 0 unspecified atom stereocenters. The number of nitrogens with one attached hydrogen (secondary N) is 2. The van der Waals surface area contributed by atoms with Gasteiger partial charge in [-0.2, -0.15) is 0 Å². The first-order chi connectivity index (χ1) is 14.6. The Morgan fingerprint density at radius 1 is 0.933 bits per heavy atom. The quantitative estimate of drug-likeness (QED) is 0.806. The number of hydrogen-bond donors (Lipinski definition) is 2. The monoisotopic (exact) mass is 406 g/mol. The highest BCUT2D eigenvalue weighted by Crippen LogP contribution is 2.20. The summed E-state index contributed by atoms with van der Waals surface area (Å²) in [7, 11) is 0. The van der Waals surface area contributed by atoms with Gasteiger partial charge < -0.3 is 20.4 Å². The van der Waals surface area contributed by atoms with Gasteiger partial charge in [0.05, 0.1) is 0 Å². The van der Waals surface area contributed by atoms with Crippen molar-refractivity contribution in [1.29, 1.82) is 0 Å². The molecule has 1 saturated heterocycles. The summed E-state index contributed by atoms with van der Waals surface area (Å²) >= 11 is 0. The molecular formula is C24H30N4O2. The average molecular weight is 407 g/mol. The number of urea groups is 1. The van der Waals surface area contributed by atoms with Crippen LogP contribution >= 0.6 is 0 Å². The smallest absolute Gasteiger partial charge is 0.321 e. The number of anilines is 2. The maximum absolute atomic E-state index is 12.6. The molecule has 4 rings (SSSR count). The van der Waals surface area contributed by atoms with Crippen LogP contribution in [0.15, 0.2) is 48.5 Å². The Balaban J connectivity index is 1.27. The van der Waals surface area contributed by atoms with Crippen LogP contribution in [-0.4, -0.2) is 49.1 Å². The third-order valence-electron chi connectivity index (χ3n) is 6.02. The number of aryl methyl sites for hydroxylation is 1. The molecule has 2 aromatic carbocycles. The number of rotatable bonds is 4. The summed E-state index contributed by atoms with van der Waals surface area (Å²) in [6.07, 6.45) is 4.51. The highest BCUT2D eigenvalue weighted by atomic mass is 16.2. The molecule has 1 aliphatic heterocycles. The third-order valence-corrected chi connectivity index (χ3v) is 6.02. The topological polar surface area (TPSA) is 64.7 Å². The van der Waals surface area contributed by atoms with Gasteiger partial charge in [0.15, 0.2) is 0 Å². The summed E-state index contributed by atoms with van der Waals surface area (Å²) in [5, 5.41) is 6.04. The van der Waals surface area contributed by atoms with Gasteiger partial charge in [0, 0.05) is 49.2 Å². The van der Waals surface area contributed by atoms with Crippen LogP contribution < -0.4 is 15.5 Å². The van der Waals surface area contributed by atoms with Crippen LogP contribution in [-0.2, 0) is 0 Å². The molecule has 2 fully saturated rings. The van der Waals surface area contributed by atoms with Crippen molar-refractivity contribution in [2.24, 2.45) is 0 Å². The lowest BCUT2D eigenvalue weighted by molar-refractivity contribution is 0.0938. The van der Waals surface area contributed by atoms with E-state index in [2.05, 4.69) is 46.7 Å². The molecule has 2 aliphatic rings. The maximum Gasteiger partial charge on any atom is 0.321 e. The fraction of sp³-hybridized carbons (Fsp3) is 0.417. The second kappa shape index (κ2) is 9.20. The number of benzene rings is 2. The zero-order valence-electron chi connectivity index (χ0n) is 17.6. The molecule has 6 nitrogen and oxygen atoms in total. The number of nitrogens with zero attached hydrogens (tertiary/aromatic N) is 2. The fourth-order valence-corrected chi connectivity index (χ4v) is 4.24. The van der Waals surface area contributed by atoms with Gasteiger partial charge in [0.2, 0.25) is 0 Å². The second-order valence-corrected chi connectivity index (χ2v) is 8.28. The molecule has 1 aliphatic carbocycles. The number of amides is 3. The summed E-state index contributed by atoms with van der Waals surface area (Å²) < 4.78 is 0. The van der Waals surface area contributed by atoms with Crippen LogP contribution in [0.5, 0.6) is 0 Å². The Morgan fingerprint density at radius 2 is 1.63 bits per heavy atom. The van der Waals surface area contributed by atoms with E-state index in [1.807, 2.05) is 4.90 Å². The van der Waals surface area contributed by atoms with E-state index in [9.17, 15) is 9.59 Å². The second-order valence-electron chi connectivity index (χ2n) is 8.28. The maximum atomic E-state index is 12.6. The Labute approximate surface area is 178 Å². The van der Waals surface area contributed by atoms with E-state index in [-0.39, 0.29) is 11.9 Å². The lowest BCUT2D eigenvalue weighted by Crippen LogP contribution is -2.50. The third kappa shape index (κ3) is 4.93. The van der Waals surface area contributed by atoms with Gasteiger partial charge in [-0.25, -0.2) is 4.79 Å². The lowest BCUT2D eigenvalue weighted by atomic mass is 10.1. The van der Waals surface area contributed by atoms with E-state index in [4.69, 9.17) is 0 Å². The number of piperazine rings is 1. The first-order valence-electron chi connectivity index (χ1n) is 10.9. The van der Waals surface area contributed by atoms with Crippen molar-refractivity contribution in [3.05, 3.63) is 59.7 Å². The predicted molar refractivity (Wildman–Crippen MR) is 120 cm³/mol. The molecule has 0 spiro atoms. The lowest BCUT2D eigenvalue weighted by Gasteiger charge is -2.36. The van der Waals surface area contributed by atoms with Crippen molar-refractivity contribution in [3.63, 3.8) is 0 Å². The highest BCUT2D eigenvalue weighted by Gasteiger charge is 2.22. The molecule has 158 valence electrons. The van der Waals surface area contributed by atoms with E-state index < -0.39 is 0 Å². The van der Waals surface area contributed by atoms with E-state index in [0.29, 0.717) is 30.4 Å². The minimum Gasteiger partial charge on any atom is -0.368 e. The van der Waals surface area contributed by atoms with Crippen molar-refractivity contribution < 1.29 is 9.59 Å². The Kier molecular flexibility index (Phi) is 6.21. The molecule has 30 heavy (non-hydrogen) atoms. The van der Waals surface area contributed by atoms with Gasteiger partial charge in [-0.15, -0.1) is 0 Å². The van der Waals surface area contributed by atoms with Gasteiger partial charge in [-0.05, 0) is 61.7 Å². The zero-order valence-corrected chi connectivity index (χ0v) is 17.6. The molecule has 2 N–H and O–H groups in total. The Hall–Kier alpha value is -3.02. The Morgan fingerprint density at radius 3 is 2.30 bits per heavy atom. The van der Waals surface area contributed by atoms with Crippen LogP contribution in [0, 0.1) is 6.92 Å². The first kappa shape index (κ1) is 20.3. The molecule has 0 bridgehead atoms. The number of hydrogen-bond acceptors (Lipinski definition) is 3. The largest absolute Gasteiger partial charge is 0.368 e. The summed E-state index contributed by atoms with van der Waals surface area (Å²) in [5.74, 6) is -0.0351. The molecule has 6 heteroatoms. The normalized spacial score (nSPS) is 17.1. The van der Waals surface area contributed by atoms with E-state index in [1.54, 1.807) is 24.3 Å². The van der Waals surface area contributed by atoms with Gasteiger partial charge in [-0.3, -0.25) is 4.79 Å². The average Bonchev–Trinajstić information content (AvgIpc) is 3.27. The van der Waals surface area contributed by atoms with Crippen molar-refractivity contribution >= 4 is 23.3 Å².